The fourth-order valence-corrected chi connectivity index (χ4v) is 1.93. The average molecular weight is 259 g/mol. The Morgan fingerprint density at radius 1 is 1.16 bits per heavy atom. The molecule has 0 saturated heterocycles. The third-order valence-electron chi connectivity index (χ3n) is 3.17. The van der Waals surface area contributed by atoms with Crippen molar-refractivity contribution in [2.45, 2.75) is 26.9 Å². The van der Waals surface area contributed by atoms with Crippen LogP contribution in [-0.2, 0) is 13.0 Å². The molecule has 2 aromatic rings. The molecule has 100 valence electrons. The Morgan fingerprint density at radius 3 is 2.58 bits per heavy atom. The standard InChI is InChI=1S/C16H18FNO/c1-3-12-4-7-16(15(18)9-12)19-10-13-5-6-14(17)8-11(13)2/h4-9H,3,10,18H2,1-2H3. The largest absolute Gasteiger partial charge is 0.487 e. The maximum Gasteiger partial charge on any atom is 0.142 e. The first kappa shape index (κ1) is 13.4. The van der Waals surface area contributed by atoms with E-state index in [1.807, 2.05) is 25.1 Å². The van der Waals surface area contributed by atoms with Gasteiger partial charge in [-0.25, -0.2) is 4.39 Å². The van der Waals surface area contributed by atoms with Crippen LogP contribution in [0, 0.1) is 12.7 Å². The number of rotatable bonds is 4. The van der Waals surface area contributed by atoms with Gasteiger partial charge in [0.2, 0.25) is 0 Å². The van der Waals surface area contributed by atoms with Gasteiger partial charge in [0, 0.05) is 0 Å². The number of benzene rings is 2. The first-order chi connectivity index (χ1) is 9.10. The molecule has 0 fully saturated rings. The summed E-state index contributed by atoms with van der Waals surface area (Å²) in [5, 5.41) is 0. The number of nitrogens with two attached hydrogens (primary N) is 1. The van der Waals surface area contributed by atoms with Crippen molar-refractivity contribution in [3.63, 3.8) is 0 Å². The van der Waals surface area contributed by atoms with Gasteiger partial charge in [0.1, 0.15) is 18.2 Å². The Bertz CT molecular complexity index is 581. The van der Waals surface area contributed by atoms with E-state index in [1.165, 1.54) is 17.7 Å². The molecule has 0 aliphatic carbocycles. The number of hydrogen-bond acceptors (Lipinski definition) is 2. The summed E-state index contributed by atoms with van der Waals surface area (Å²) in [6.45, 7) is 4.34. The molecule has 2 N–H and O–H groups in total. The zero-order valence-electron chi connectivity index (χ0n) is 11.2. The van der Waals surface area contributed by atoms with Gasteiger partial charge in [-0.2, -0.15) is 0 Å². The number of halogens is 1. The average Bonchev–Trinajstić information content (AvgIpc) is 2.39. The lowest BCUT2D eigenvalue weighted by Gasteiger charge is -2.11. The minimum Gasteiger partial charge on any atom is -0.487 e. The molecule has 0 radical (unpaired) electrons. The third kappa shape index (κ3) is 3.25. The van der Waals surface area contributed by atoms with Gasteiger partial charge in [-0.1, -0.05) is 19.1 Å². The van der Waals surface area contributed by atoms with E-state index in [9.17, 15) is 4.39 Å². The van der Waals surface area contributed by atoms with Gasteiger partial charge in [-0.05, 0) is 54.3 Å². The first-order valence-electron chi connectivity index (χ1n) is 6.36. The van der Waals surface area contributed by atoms with Crippen LogP contribution in [0.15, 0.2) is 36.4 Å². The van der Waals surface area contributed by atoms with Crippen LogP contribution in [0.3, 0.4) is 0 Å². The molecule has 0 aliphatic heterocycles. The summed E-state index contributed by atoms with van der Waals surface area (Å²) in [7, 11) is 0. The summed E-state index contributed by atoms with van der Waals surface area (Å²) in [5.41, 5.74) is 9.60. The van der Waals surface area contributed by atoms with Crippen molar-refractivity contribution in [2.24, 2.45) is 0 Å². The second-order valence-electron chi connectivity index (χ2n) is 4.59. The molecule has 0 aromatic heterocycles. The highest BCUT2D eigenvalue weighted by atomic mass is 19.1. The van der Waals surface area contributed by atoms with Crippen molar-refractivity contribution in [1.82, 2.24) is 0 Å². The fraction of sp³-hybridized carbons (Fsp3) is 0.250. The molecule has 0 spiro atoms. The van der Waals surface area contributed by atoms with Gasteiger partial charge >= 0.3 is 0 Å². The first-order valence-corrected chi connectivity index (χ1v) is 6.36. The maximum atomic E-state index is 13.0. The summed E-state index contributed by atoms with van der Waals surface area (Å²) < 4.78 is 18.7. The Kier molecular flexibility index (Phi) is 4.05. The van der Waals surface area contributed by atoms with E-state index in [4.69, 9.17) is 10.5 Å². The maximum absolute atomic E-state index is 13.0. The second-order valence-corrected chi connectivity index (χ2v) is 4.59. The van der Waals surface area contributed by atoms with Crippen molar-refractivity contribution in [3.8, 4) is 5.75 Å². The van der Waals surface area contributed by atoms with Crippen LogP contribution in [0.25, 0.3) is 0 Å². The van der Waals surface area contributed by atoms with Crippen LogP contribution >= 0.6 is 0 Å². The minimum atomic E-state index is -0.229. The molecule has 0 atom stereocenters. The molecule has 2 aromatic carbocycles. The van der Waals surface area contributed by atoms with Crippen LogP contribution in [-0.4, -0.2) is 0 Å². The molecular weight excluding hydrogens is 241 g/mol. The van der Waals surface area contributed by atoms with E-state index < -0.39 is 0 Å². The predicted octanol–water partition coefficient (Wildman–Crippen LogP) is 3.86. The van der Waals surface area contributed by atoms with Crippen molar-refractivity contribution in [3.05, 3.63) is 58.9 Å². The highest BCUT2D eigenvalue weighted by Gasteiger charge is 2.04. The molecule has 3 heteroatoms. The lowest BCUT2D eigenvalue weighted by molar-refractivity contribution is 0.307. The molecular formula is C16H18FNO. The summed E-state index contributed by atoms with van der Waals surface area (Å²) in [6.07, 6.45) is 0.946. The number of anilines is 1. The predicted molar refractivity (Wildman–Crippen MR) is 75.7 cm³/mol. The molecule has 0 saturated carbocycles. The van der Waals surface area contributed by atoms with Gasteiger partial charge in [-0.3, -0.25) is 0 Å². The molecule has 0 bridgehead atoms. The van der Waals surface area contributed by atoms with E-state index in [-0.39, 0.29) is 5.82 Å². The van der Waals surface area contributed by atoms with Gasteiger partial charge in [-0.15, -0.1) is 0 Å². The van der Waals surface area contributed by atoms with Gasteiger partial charge in [0.25, 0.3) is 0 Å². The van der Waals surface area contributed by atoms with Crippen LogP contribution in [0.2, 0.25) is 0 Å². The molecule has 0 unspecified atom stereocenters. The zero-order chi connectivity index (χ0) is 13.8. The summed E-state index contributed by atoms with van der Waals surface area (Å²) in [4.78, 5) is 0. The number of ether oxygens (including phenoxy) is 1. The molecule has 0 amide bonds. The van der Waals surface area contributed by atoms with Crippen LogP contribution in [0.4, 0.5) is 10.1 Å². The molecule has 2 nitrogen and oxygen atoms in total. The van der Waals surface area contributed by atoms with E-state index in [1.54, 1.807) is 6.07 Å². The second kappa shape index (κ2) is 5.74. The number of nitrogen functional groups attached to an aromatic ring is 1. The SMILES string of the molecule is CCc1ccc(OCc2ccc(F)cc2C)c(N)c1. The van der Waals surface area contributed by atoms with Crippen molar-refractivity contribution in [2.75, 3.05) is 5.73 Å². The van der Waals surface area contributed by atoms with Gasteiger partial charge in [0.05, 0.1) is 5.69 Å². The number of hydrogen-bond donors (Lipinski definition) is 1. The lowest BCUT2D eigenvalue weighted by Crippen LogP contribution is -2.01. The van der Waals surface area contributed by atoms with Crippen LogP contribution < -0.4 is 10.5 Å². The smallest absolute Gasteiger partial charge is 0.142 e. The summed E-state index contributed by atoms with van der Waals surface area (Å²) >= 11 is 0. The molecule has 0 aliphatic rings. The van der Waals surface area contributed by atoms with Gasteiger partial charge in [0.15, 0.2) is 0 Å². The molecule has 19 heavy (non-hydrogen) atoms. The highest BCUT2D eigenvalue weighted by molar-refractivity contribution is 5.54. The Labute approximate surface area is 113 Å². The third-order valence-corrected chi connectivity index (χ3v) is 3.17. The quantitative estimate of drug-likeness (QED) is 0.846. The summed E-state index contributed by atoms with van der Waals surface area (Å²) in [5.74, 6) is 0.439. The molecule has 0 heterocycles. The normalized spacial score (nSPS) is 10.5. The van der Waals surface area contributed by atoms with E-state index in [0.29, 0.717) is 18.0 Å². The fourth-order valence-electron chi connectivity index (χ4n) is 1.93. The molecule has 2 rings (SSSR count). The van der Waals surface area contributed by atoms with Gasteiger partial charge < -0.3 is 10.5 Å². The van der Waals surface area contributed by atoms with Crippen LogP contribution in [0.1, 0.15) is 23.6 Å². The zero-order valence-corrected chi connectivity index (χ0v) is 11.2. The Morgan fingerprint density at radius 2 is 1.95 bits per heavy atom. The van der Waals surface area contributed by atoms with Crippen molar-refractivity contribution >= 4 is 5.69 Å². The monoisotopic (exact) mass is 259 g/mol. The minimum absolute atomic E-state index is 0.229. The Balaban J connectivity index is 2.10. The number of aryl methyl sites for hydroxylation is 2. The van der Waals surface area contributed by atoms with Crippen LogP contribution in [0.5, 0.6) is 5.75 Å². The van der Waals surface area contributed by atoms with E-state index >= 15 is 0 Å². The topological polar surface area (TPSA) is 35.2 Å². The van der Waals surface area contributed by atoms with Crippen molar-refractivity contribution < 1.29 is 9.13 Å². The lowest BCUT2D eigenvalue weighted by atomic mass is 10.1. The summed E-state index contributed by atoms with van der Waals surface area (Å²) in [6, 6.07) is 10.5. The van der Waals surface area contributed by atoms with E-state index in [2.05, 4.69) is 6.92 Å². The Hall–Kier alpha value is -2.03. The van der Waals surface area contributed by atoms with E-state index in [0.717, 1.165) is 17.5 Å². The highest BCUT2D eigenvalue weighted by Crippen LogP contribution is 2.24. The van der Waals surface area contributed by atoms with Crippen molar-refractivity contribution in [1.29, 1.82) is 0 Å².